The van der Waals surface area contributed by atoms with Gasteiger partial charge in [0.2, 0.25) is 5.95 Å². The van der Waals surface area contributed by atoms with Gasteiger partial charge in [-0.25, -0.2) is 4.98 Å². The summed E-state index contributed by atoms with van der Waals surface area (Å²) in [5.41, 5.74) is 8.47. The molecular weight excluding hydrogens is 328 g/mol. The smallest absolute Gasteiger partial charge is 0.229 e. The molecule has 0 aliphatic heterocycles. The van der Waals surface area contributed by atoms with Crippen molar-refractivity contribution in [3.8, 4) is 0 Å². The Kier molecular flexibility index (Phi) is 3.27. The summed E-state index contributed by atoms with van der Waals surface area (Å²) in [5, 5.41) is 5.58. The predicted molar refractivity (Wildman–Crippen MR) is 93.9 cm³/mol. The van der Waals surface area contributed by atoms with E-state index in [1.807, 2.05) is 37.2 Å². The Morgan fingerprint density at radius 3 is 2.96 bits per heavy atom. The van der Waals surface area contributed by atoms with E-state index in [1.54, 1.807) is 10.9 Å². The molecule has 3 heterocycles. The van der Waals surface area contributed by atoms with Crippen LogP contribution >= 0.6 is 11.6 Å². The lowest BCUT2D eigenvalue weighted by molar-refractivity contribution is 0.778. The molecule has 0 amide bonds. The van der Waals surface area contributed by atoms with Crippen molar-refractivity contribution in [3.05, 3.63) is 35.2 Å². The second-order valence-corrected chi connectivity index (χ2v) is 6.05. The first-order valence-corrected chi connectivity index (χ1v) is 7.69. The largest absolute Gasteiger partial charge is 0.383 e. The maximum atomic E-state index is 6.01. The van der Waals surface area contributed by atoms with Crippen molar-refractivity contribution in [2.24, 2.45) is 7.05 Å². The van der Waals surface area contributed by atoms with Gasteiger partial charge >= 0.3 is 0 Å². The minimum Gasteiger partial charge on any atom is -0.383 e. The van der Waals surface area contributed by atoms with Gasteiger partial charge < -0.3 is 15.6 Å². The number of aromatic amines is 1. The predicted octanol–water partition coefficient (Wildman–Crippen LogP) is 2.11. The average molecular weight is 343 g/mol. The van der Waals surface area contributed by atoms with E-state index in [0.717, 1.165) is 22.2 Å². The van der Waals surface area contributed by atoms with Crippen LogP contribution in [0.5, 0.6) is 0 Å². The molecule has 3 aromatic heterocycles. The molecule has 0 saturated carbocycles. The SMILES string of the molecule is CN(Cc1nc2ccc(Cl)cc2[nH]1)c1nc(N)c2cnn(C)c2n1. The molecule has 122 valence electrons. The van der Waals surface area contributed by atoms with Crippen molar-refractivity contribution in [3.63, 3.8) is 0 Å². The number of fused-ring (bicyclic) bond motifs is 2. The molecule has 0 saturated heterocycles. The van der Waals surface area contributed by atoms with Gasteiger partial charge in [0.1, 0.15) is 11.6 Å². The quantitative estimate of drug-likeness (QED) is 0.591. The zero-order chi connectivity index (χ0) is 16.8. The second-order valence-electron chi connectivity index (χ2n) is 5.62. The Morgan fingerprint density at radius 1 is 1.29 bits per heavy atom. The zero-order valence-electron chi connectivity index (χ0n) is 13.2. The van der Waals surface area contributed by atoms with Gasteiger partial charge in [0.05, 0.1) is 29.2 Å². The van der Waals surface area contributed by atoms with Crippen molar-refractivity contribution in [2.75, 3.05) is 17.7 Å². The molecule has 0 aliphatic rings. The van der Waals surface area contributed by atoms with Gasteiger partial charge in [-0.1, -0.05) is 11.6 Å². The second kappa shape index (κ2) is 5.34. The van der Waals surface area contributed by atoms with E-state index in [2.05, 4.69) is 25.0 Å². The number of nitrogens with one attached hydrogen (secondary N) is 1. The lowest BCUT2D eigenvalue weighted by Crippen LogP contribution is -2.20. The number of H-pyrrole nitrogens is 1. The van der Waals surface area contributed by atoms with E-state index in [1.165, 1.54) is 0 Å². The van der Waals surface area contributed by atoms with Crippen LogP contribution in [0, 0.1) is 0 Å². The number of rotatable bonds is 3. The van der Waals surface area contributed by atoms with Crippen LogP contribution in [0.4, 0.5) is 11.8 Å². The molecule has 24 heavy (non-hydrogen) atoms. The van der Waals surface area contributed by atoms with Crippen LogP contribution in [0.1, 0.15) is 5.82 Å². The zero-order valence-corrected chi connectivity index (χ0v) is 13.9. The van der Waals surface area contributed by atoms with Crippen LogP contribution in [0.2, 0.25) is 5.02 Å². The number of hydrogen-bond acceptors (Lipinski definition) is 6. The van der Waals surface area contributed by atoms with Gasteiger partial charge in [0.25, 0.3) is 0 Å². The highest BCUT2D eigenvalue weighted by Gasteiger charge is 2.14. The van der Waals surface area contributed by atoms with Gasteiger partial charge in [-0.15, -0.1) is 0 Å². The first-order valence-electron chi connectivity index (χ1n) is 7.32. The summed E-state index contributed by atoms with van der Waals surface area (Å²) in [6.45, 7) is 0.509. The summed E-state index contributed by atoms with van der Waals surface area (Å²) in [5.74, 6) is 1.72. The molecule has 3 N–H and O–H groups in total. The molecule has 8 nitrogen and oxygen atoms in total. The van der Waals surface area contributed by atoms with Crippen LogP contribution in [-0.4, -0.2) is 36.8 Å². The maximum Gasteiger partial charge on any atom is 0.229 e. The lowest BCUT2D eigenvalue weighted by Gasteiger charge is -2.16. The number of anilines is 2. The normalized spacial score (nSPS) is 11.5. The molecule has 0 fully saturated rings. The number of aryl methyl sites for hydroxylation is 1. The summed E-state index contributed by atoms with van der Waals surface area (Å²) in [7, 11) is 3.71. The van der Waals surface area contributed by atoms with Crippen LogP contribution in [0.3, 0.4) is 0 Å². The molecule has 0 atom stereocenters. The number of aromatic nitrogens is 6. The first kappa shape index (κ1) is 14.7. The number of halogens is 1. The topological polar surface area (TPSA) is 102 Å². The average Bonchev–Trinajstić information content (AvgIpc) is 3.10. The van der Waals surface area contributed by atoms with E-state index < -0.39 is 0 Å². The van der Waals surface area contributed by atoms with Crippen LogP contribution in [-0.2, 0) is 13.6 Å². The maximum absolute atomic E-state index is 6.01. The van der Waals surface area contributed by atoms with Crippen LogP contribution < -0.4 is 10.6 Å². The number of imidazole rings is 1. The number of nitrogens with two attached hydrogens (primary N) is 1. The van der Waals surface area contributed by atoms with Gasteiger partial charge in [-0.2, -0.15) is 15.1 Å². The third-order valence-electron chi connectivity index (χ3n) is 3.83. The summed E-state index contributed by atoms with van der Waals surface area (Å²) < 4.78 is 1.67. The minimum absolute atomic E-state index is 0.409. The van der Waals surface area contributed by atoms with E-state index in [0.29, 0.717) is 29.0 Å². The lowest BCUT2D eigenvalue weighted by atomic mass is 10.3. The Bertz CT molecular complexity index is 1050. The Balaban J connectivity index is 1.67. The Hall–Kier alpha value is -2.87. The van der Waals surface area contributed by atoms with Crippen molar-refractivity contribution in [1.29, 1.82) is 0 Å². The van der Waals surface area contributed by atoms with Crippen molar-refractivity contribution in [2.45, 2.75) is 6.54 Å². The molecule has 0 unspecified atom stereocenters. The minimum atomic E-state index is 0.409. The van der Waals surface area contributed by atoms with Crippen LogP contribution in [0.25, 0.3) is 22.1 Å². The third kappa shape index (κ3) is 2.41. The van der Waals surface area contributed by atoms with Gasteiger partial charge in [-0.3, -0.25) is 4.68 Å². The molecule has 4 aromatic rings. The molecule has 0 aliphatic carbocycles. The first-order chi connectivity index (χ1) is 11.5. The Morgan fingerprint density at radius 2 is 2.12 bits per heavy atom. The molecule has 0 radical (unpaired) electrons. The summed E-state index contributed by atoms with van der Waals surface area (Å²) in [6, 6.07) is 5.55. The van der Waals surface area contributed by atoms with E-state index in [-0.39, 0.29) is 0 Å². The third-order valence-corrected chi connectivity index (χ3v) is 4.07. The van der Waals surface area contributed by atoms with Gasteiger partial charge in [-0.05, 0) is 18.2 Å². The molecular formula is C15H15ClN8. The summed E-state index contributed by atoms with van der Waals surface area (Å²) in [6.07, 6.45) is 1.66. The fourth-order valence-corrected chi connectivity index (χ4v) is 2.78. The van der Waals surface area contributed by atoms with Crippen molar-refractivity contribution in [1.82, 2.24) is 29.7 Å². The molecule has 0 spiro atoms. The summed E-state index contributed by atoms with van der Waals surface area (Å²) >= 11 is 6.01. The fourth-order valence-electron chi connectivity index (χ4n) is 2.61. The number of nitrogens with zero attached hydrogens (tertiary/aromatic N) is 6. The highest BCUT2D eigenvalue weighted by Crippen LogP contribution is 2.22. The number of nitrogen functional groups attached to an aromatic ring is 1. The Labute approximate surface area is 142 Å². The monoisotopic (exact) mass is 342 g/mol. The standard InChI is InChI=1S/C15H15ClN8/c1-23(7-12-19-10-4-3-8(16)5-11(10)20-12)15-21-13(17)9-6-18-24(2)14(9)22-15/h3-6H,7H2,1-2H3,(H,19,20)(H2,17,21,22). The highest BCUT2D eigenvalue weighted by molar-refractivity contribution is 6.31. The van der Waals surface area contributed by atoms with Gasteiger partial charge in [0, 0.05) is 19.1 Å². The van der Waals surface area contributed by atoms with Crippen molar-refractivity contribution >= 4 is 45.4 Å². The molecule has 0 bridgehead atoms. The molecule has 9 heteroatoms. The van der Waals surface area contributed by atoms with Gasteiger partial charge in [0.15, 0.2) is 5.65 Å². The molecule has 1 aromatic carbocycles. The number of hydrogen-bond donors (Lipinski definition) is 2. The highest BCUT2D eigenvalue weighted by atomic mass is 35.5. The molecule has 4 rings (SSSR count). The summed E-state index contributed by atoms with van der Waals surface area (Å²) in [4.78, 5) is 18.6. The number of benzene rings is 1. The van der Waals surface area contributed by atoms with E-state index >= 15 is 0 Å². The van der Waals surface area contributed by atoms with Crippen LogP contribution in [0.15, 0.2) is 24.4 Å². The van der Waals surface area contributed by atoms with E-state index in [4.69, 9.17) is 17.3 Å². The van der Waals surface area contributed by atoms with E-state index in [9.17, 15) is 0 Å². The van der Waals surface area contributed by atoms with Crippen molar-refractivity contribution < 1.29 is 0 Å². The fraction of sp³-hybridized carbons (Fsp3) is 0.200.